The molecule has 0 saturated carbocycles. The molecule has 2 aliphatic heterocycles. The van der Waals surface area contributed by atoms with Crippen LogP contribution in [0.3, 0.4) is 0 Å². The largest absolute Gasteiger partial charge is 0.378 e. The standard InChI is InChI=1S/C27H29ClN4O2S/c28-24-11-8-21(19-23(24)26-25(5-4-12-29-26)31-14-16-34-17-15-31)30-27(33)20-6-9-22(10-7-20)32-13-2-1-3-18-35-32/h4-12,19H,1-3,13-18H2,(H,30,33). The highest BCUT2D eigenvalue weighted by Gasteiger charge is 2.19. The molecule has 2 aliphatic rings. The number of ether oxygens (including phenoxy) is 1. The summed E-state index contributed by atoms with van der Waals surface area (Å²) < 4.78 is 7.84. The molecule has 0 aliphatic carbocycles. The molecule has 2 fully saturated rings. The van der Waals surface area contributed by atoms with Gasteiger partial charge in [0.15, 0.2) is 0 Å². The molecule has 0 bridgehead atoms. The van der Waals surface area contributed by atoms with Crippen LogP contribution in [0.1, 0.15) is 29.6 Å². The van der Waals surface area contributed by atoms with E-state index in [1.807, 2.05) is 60.5 Å². The number of morpholine rings is 1. The first-order chi connectivity index (χ1) is 17.2. The number of hydrogen-bond acceptors (Lipinski definition) is 6. The SMILES string of the molecule is O=C(Nc1ccc(Cl)c(-c2ncccc2N2CCOCC2)c1)c1ccc(N2CCCCCS2)cc1. The van der Waals surface area contributed by atoms with Crippen LogP contribution < -0.4 is 14.5 Å². The fourth-order valence-corrected chi connectivity index (χ4v) is 5.70. The van der Waals surface area contributed by atoms with E-state index in [4.69, 9.17) is 16.3 Å². The molecule has 0 unspecified atom stereocenters. The molecule has 3 aromatic rings. The lowest BCUT2D eigenvalue weighted by atomic mass is 10.1. The Labute approximate surface area is 215 Å². The van der Waals surface area contributed by atoms with Crippen molar-refractivity contribution in [3.8, 4) is 11.3 Å². The van der Waals surface area contributed by atoms with Crippen molar-refractivity contribution in [1.82, 2.24) is 4.98 Å². The second kappa shape index (κ2) is 11.3. The molecule has 0 spiro atoms. The Balaban J connectivity index is 1.34. The molecule has 5 rings (SSSR count). The maximum atomic E-state index is 13.0. The maximum absolute atomic E-state index is 13.0. The average Bonchev–Trinajstić information content (AvgIpc) is 3.20. The van der Waals surface area contributed by atoms with E-state index in [2.05, 4.69) is 25.6 Å². The molecule has 8 heteroatoms. The summed E-state index contributed by atoms with van der Waals surface area (Å²) in [4.78, 5) is 19.9. The first kappa shape index (κ1) is 24.0. The number of nitrogens with zero attached hydrogens (tertiary/aromatic N) is 3. The van der Waals surface area contributed by atoms with Crippen LogP contribution in [-0.2, 0) is 4.74 Å². The molecular weight excluding hydrogens is 480 g/mol. The van der Waals surface area contributed by atoms with Gasteiger partial charge in [0, 0.05) is 54.1 Å². The van der Waals surface area contributed by atoms with E-state index in [-0.39, 0.29) is 5.91 Å². The zero-order valence-electron chi connectivity index (χ0n) is 19.6. The lowest BCUT2D eigenvalue weighted by Crippen LogP contribution is -2.36. The van der Waals surface area contributed by atoms with Crippen molar-refractivity contribution in [2.45, 2.75) is 19.3 Å². The van der Waals surface area contributed by atoms with Gasteiger partial charge in [-0.2, -0.15) is 0 Å². The number of aromatic nitrogens is 1. The zero-order valence-corrected chi connectivity index (χ0v) is 21.2. The minimum absolute atomic E-state index is 0.150. The van der Waals surface area contributed by atoms with E-state index in [9.17, 15) is 4.79 Å². The van der Waals surface area contributed by atoms with Gasteiger partial charge in [0.2, 0.25) is 0 Å². The summed E-state index contributed by atoms with van der Waals surface area (Å²) in [6, 6.07) is 17.4. The van der Waals surface area contributed by atoms with E-state index in [1.54, 1.807) is 6.20 Å². The minimum Gasteiger partial charge on any atom is -0.378 e. The highest BCUT2D eigenvalue weighted by molar-refractivity contribution is 8.00. The Bertz CT molecular complexity index is 1160. The van der Waals surface area contributed by atoms with E-state index < -0.39 is 0 Å². The molecule has 1 N–H and O–H groups in total. The Morgan fingerprint density at radius 2 is 1.83 bits per heavy atom. The number of nitrogens with one attached hydrogen (secondary N) is 1. The molecule has 1 aromatic heterocycles. The first-order valence-corrected chi connectivity index (χ1v) is 13.4. The predicted molar refractivity (Wildman–Crippen MR) is 146 cm³/mol. The van der Waals surface area contributed by atoms with Gasteiger partial charge in [0.25, 0.3) is 5.91 Å². The van der Waals surface area contributed by atoms with E-state index in [0.717, 1.165) is 48.0 Å². The third kappa shape index (κ3) is 5.74. The van der Waals surface area contributed by atoms with Gasteiger partial charge in [-0.25, -0.2) is 0 Å². The van der Waals surface area contributed by atoms with Crippen molar-refractivity contribution in [1.29, 1.82) is 0 Å². The Morgan fingerprint density at radius 1 is 1.00 bits per heavy atom. The van der Waals surface area contributed by atoms with E-state index >= 15 is 0 Å². The quantitative estimate of drug-likeness (QED) is 0.418. The number of hydrogen-bond donors (Lipinski definition) is 1. The van der Waals surface area contributed by atoms with Crippen LogP contribution >= 0.6 is 23.5 Å². The zero-order chi connectivity index (χ0) is 24.0. The van der Waals surface area contributed by atoms with Gasteiger partial charge in [0.05, 0.1) is 29.6 Å². The number of rotatable bonds is 5. The topological polar surface area (TPSA) is 57.7 Å². The molecule has 0 atom stereocenters. The Morgan fingerprint density at radius 3 is 2.66 bits per heavy atom. The summed E-state index contributed by atoms with van der Waals surface area (Å²) in [6.07, 6.45) is 5.51. The molecule has 0 radical (unpaired) electrons. The van der Waals surface area contributed by atoms with Gasteiger partial charge in [-0.15, -0.1) is 0 Å². The van der Waals surface area contributed by atoms with Crippen LogP contribution in [-0.4, -0.2) is 49.5 Å². The summed E-state index contributed by atoms with van der Waals surface area (Å²) in [5, 5.41) is 3.62. The van der Waals surface area contributed by atoms with Crippen molar-refractivity contribution in [3.63, 3.8) is 0 Å². The maximum Gasteiger partial charge on any atom is 0.255 e. The van der Waals surface area contributed by atoms with Gasteiger partial charge < -0.3 is 19.3 Å². The molecular formula is C27H29ClN4O2S. The normalized spacial score (nSPS) is 16.6. The van der Waals surface area contributed by atoms with Crippen molar-refractivity contribution in [3.05, 3.63) is 71.4 Å². The number of benzene rings is 2. The fraction of sp³-hybridized carbons (Fsp3) is 0.333. The van der Waals surface area contributed by atoms with Crippen LogP contribution in [0.2, 0.25) is 5.02 Å². The van der Waals surface area contributed by atoms with Gasteiger partial charge in [0.1, 0.15) is 0 Å². The first-order valence-electron chi connectivity index (χ1n) is 12.1. The lowest BCUT2D eigenvalue weighted by molar-refractivity contribution is 0.102. The summed E-state index contributed by atoms with van der Waals surface area (Å²) in [6.45, 7) is 4.03. The second-order valence-electron chi connectivity index (χ2n) is 8.66. The molecule has 3 heterocycles. The van der Waals surface area contributed by atoms with Gasteiger partial charge >= 0.3 is 0 Å². The molecule has 6 nitrogen and oxygen atoms in total. The third-order valence-electron chi connectivity index (χ3n) is 6.29. The van der Waals surface area contributed by atoms with Crippen LogP contribution in [0, 0.1) is 0 Å². The minimum atomic E-state index is -0.150. The van der Waals surface area contributed by atoms with Crippen molar-refractivity contribution in [2.24, 2.45) is 0 Å². The number of amides is 1. The lowest BCUT2D eigenvalue weighted by Gasteiger charge is -2.30. The van der Waals surface area contributed by atoms with Crippen LogP contribution in [0.15, 0.2) is 60.8 Å². The van der Waals surface area contributed by atoms with Crippen LogP contribution in [0.5, 0.6) is 0 Å². The number of halogens is 1. The number of carbonyl (C=O) groups is 1. The fourth-order valence-electron chi connectivity index (χ4n) is 4.41. The molecule has 1 amide bonds. The number of pyridine rings is 1. The summed E-state index contributed by atoms with van der Waals surface area (Å²) in [5.74, 6) is 0.993. The van der Waals surface area contributed by atoms with Crippen molar-refractivity contribution in [2.75, 3.05) is 53.1 Å². The Kier molecular flexibility index (Phi) is 7.76. The van der Waals surface area contributed by atoms with Crippen LogP contribution in [0.25, 0.3) is 11.3 Å². The van der Waals surface area contributed by atoms with Crippen LogP contribution in [0.4, 0.5) is 17.1 Å². The second-order valence-corrected chi connectivity index (χ2v) is 10.2. The van der Waals surface area contributed by atoms with Crippen molar-refractivity contribution < 1.29 is 9.53 Å². The number of carbonyl (C=O) groups excluding carboxylic acids is 1. The number of anilines is 3. The predicted octanol–water partition coefficient (Wildman–Crippen LogP) is 6.13. The third-order valence-corrected chi connectivity index (χ3v) is 7.79. The smallest absolute Gasteiger partial charge is 0.255 e. The van der Waals surface area contributed by atoms with Gasteiger partial charge in [-0.3, -0.25) is 9.78 Å². The molecule has 2 aromatic carbocycles. The average molecular weight is 509 g/mol. The van der Waals surface area contributed by atoms with Gasteiger partial charge in [-0.05, 0) is 79.4 Å². The molecule has 35 heavy (non-hydrogen) atoms. The monoisotopic (exact) mass is 508 g/mol. The molecule has 2 saturated heterocycles. The highest BCUT2D eigenvalue weighted by Crippen LogP contribution is 2.36. The van der Waals surface area contributed by atoms with Crippen molar-refractivity contribution >= 4 is 46.5 Å². The van der Waals surface area contributed by atoms with E-state index in [0.29, 0.717) is 29.5 Å². The summed E-state index contributed by atoms with van der Waals surface area (Å²) in [7, 11) is 0. The van der Waals surface area contributed by atoms with Gasteiger partial charge in [-0.1, -0.05) is 18.0 Å². The summed E-state index contributed by atoms with van der Waals surface area (Å²) >= 11 is 8.47. The van der Waals surface area contributed by atoms with E-state index in [1.165, 1.54) is 19.3 Å². The highest BCUT2D eigenvalue weighted by atomic mass is 35.5. The molecule has 182 valence electrons. The summed E-state index contributed by atoms with van der Waals surface area (Å²) in [5.41, 5.74) is 5.06. The Hall–Kier alpha value is -2.74.